The quantitative estimate of drug-likeness (QED) is 0.693. The van der Waals surface area contributed by atoms with E-state index in [9.17, 15) is 9.59 Å². The molecule has 1 N–H and O–H groups in total. The zero-order chi connectivity index (χ0) is 13.0. The standard InChI is InChI=1S/C13H10BrNO2S/c14-8-11(16)15-13-10(6-7-18-13)12(17)9-4-2-1-3-5-9/h1-7H,8H2,(H,15,16). The molecule has 1 aromatic heterocycles. The predicted molar refractivity (Wildman–Crippen MR) is 76.6 cm³/mol. The minimum absolute atomic E-state index is 0.0817. The SMILES string of the molecule is O=C(CBr)Nc1sccc1C(=O)c1ccccc1. The summed E-state index contributed by atoms with van der Waals surface area (Å²) >= 11 is 4.42. The molecule has 0 unspecified atom stereocenters. The molecule has 0 aliphatic heterocycles. The summed E-state index contributed by atoms with van der Waals surface area (Å²) in [5.41, 5.74) is 1.14. The zero-order valence-electron chi connectivity index (χ0n) is 9.35. The van der Waals surface area contributed by atoms with Crippen molar-refractivity contribution in [1.29, 1.82) is 0 Å². The molecule has 0 fully saturated rings. The van der Waals surface area contributed by atoms with Crippen molar-refractivity contribution < 1.29 is 9.59 Å². The van der Waals surface area contributed by atoms with Crippen molar-refractivity contribution in [2.24, 2.45) is 0 Å². The molecule has 1 aromatic carbocycles. The van der Waals surface area contributed by atoms with Crippen molar-refractivity contribution in [1.82, 2.24) is 0 Å². The fourth-order valence-electron chi connectivity index (χ4n) is 1.49. The number of carbonyl (C=O) groups excluding carboxylic acids is 2. The number of nitrogens with one attached hydrogen (secondary N) is 1. The lowest BCUT2D eigenvalue weighted by Crippen LogP contribution is -2.13. The number of amides is 1. The number of rotatable bonds is 4. The zero-order valence-corrected chi connectivity index (χ0v) is 11.8. The van der Waals surface area contributed by atoms with E-state index in [-0.39, 0.29) is 17.0 Å². The fourth-order valence-corrected chi connectivity index (χ4v) is 2.43. The number of alkyl halides is 1. The summed E-state index contributed by atoms with van der Waals surface area (Å²) in [6.45, 7) is 0. The highest BCUT2D eigenvalue weighted by molar-refractivity contribution is 9.09. The highest BCUT2D eigenvalue weighted by atomic mass is 79.9. The Bertz CT molecular complexity index is 565. The van der Waals surface area contributed by atoms with E-state index in [0.29, 0.717) is 16.1 Å². The summed E-state index contributed by atoms with van der Waals surface area (Å²) in [7, 11) is 0. The van der Waals surface area contributed by atoms with E-state index in [2.05, 4.69) is 21.2 Å². The van der Waals surface area contributed by atoms with Gasteiger partial charge in [0, 0.05) is 5.56 Å². The second kappa shape index (κ2) is 5.93. The third-order valence-electron chi connectivity index (χ3n) is 2.32. The summed E-state index contributed by atoms with van der Waals surface area (Å²) < 4.78 is 0. The van der Waals surface area contributed by atoms with Gasteiger partial charge in [-0.1, -0.05) is 46.3 Å². The summed E-state index contributed by atoms with van der Waals surface area (Å²) in [6.07, 6.45) is 0. The van der Waals surface area contributed by atoms with E-state index in [1.54, 1.807) is 23.6 Å². The molecule has 3 nitrogen and oxygen atoms in total. The number of hydrogen-bond acceptors (Lipinski definition) is 3. The van der Waals surface area contributed by atoms with Crippen LogP contribution in [0.25, 0.3) is 0 Å². The molecule has 2 rings (SSSR count). The lowest BCUT2D eigenvalue weighted by Gasteiger charge is -2.04. The highest BCUT2D eigenvalue weighted by Crippen LogP contribution is 2.25. The van der Waals surface area contributed by atoms with E-state index in [1.165, 1.54) is 11.3 Å². The smallest absolute Gasteiger partial charge is 0.235 e. The van der Waals surface area contributed by atoms with Crippen molar-refractivity contribution >= 4 is 44.0 Å². The number of benzene rings is 1. The Labute approximate surface area is 117 Å². The molecular formula is C13H10BrNO2S. The first-order valence-corrected chi connectivity index (χ1v) is 7.25. The lowest BCUT2D eigenvalue weighted by atomic mass is 10.1. The first kappa shape index (κ1) is 13.0. The van der Waals surface area contributed by atoms with Gasteiger partial charge in [0.25, 0.3) is 0 Å². The average molecular weight is 324 g/mol. The molecule has 0 atom stereocenters. The maximum absolute atomic E-state index is 12.2. The molecule has 2 aromatic rings. The van der Waals surface area contributed by atoms with Gasteiger partial charge in [-0.05, 0) is 11.4 Å². The molecule has 0 aliphatic carbocycles. The molecule has 0 radical (unpaired) electrons. The van der Waals surface area contributed by atoms with Gasteiger partial charge in [-0.15, -0.1) is 11.3 Å². The number of hydrogen-bond donors (Lipinski definition) is 1. The van der Waals surface area contributed by atoms with Gasteiger partial charge in [-0.25, -0.2) is 0 Å². The van der Waals surface area contributed by atoms with Crippen molar-refractivity contribution in [2.45, 2.75) is 0 Å². The van der Waals surface area contributed by atoms with Crippen LogP contribution in [0.15, 0.2) is 41.8 Å². The van der Waals surface area contributed by atoms with E-state index >= 15 is 0 Å². The lowest BCUT2D eigenvalue weighted by molar-refractivity contribution is -0.113. The Morgan fingerprint density at radius 3 is 2.56 bits per heavy atom. The summed E-state index contributed by atoms with van der Waals surface area (Å²) in [5.74, 6) is -0.249. The molecule has 1 amide bonds. The number of ketones is 1. The third-order valence-corrected chi connectivity index (χ3v) is 3.66. The van der Waals surface area contributed by atoms with E-state index < -0.39 is 0 Å². The summed E-state index contributed by atoms with van der Waals surface area (Å²) in [4.78, 5) is 23.6. The third kappa shape index (κ3) is 2.86. The van der Waals surface area contributed by atoms with Crippen molar-refractivity contribution in [3.05, 3.63) is 52.9 Å². The molecule has 0 saturated heterocycles. The van der Waals surface area contributed by atoms with Crippen molar-refractivity contribution in [2.75, 3.05) is 10.6 Å². The highest BCUT2D eigenvalue weighted by Gasteiger charge is 2.15. The van der Waals surface area contributed by atoms with E-state index in [1.807, 2.05) is 18.2 Å². The van der Waals surface area contributed by atoms with Crippen LogP contribution in [0.2, 0.25) is 0 Å². The summed E-state index contributed by atoms with van der Waals surface area (Å²) in [6, 6.07) is 10.7. The Morgan fingerprint density at radius 1 is 1.17 bits per heavy atom. The molecule has 5 heteroatoms. The van der Waals surface area contributed by atoms with Crippen LogP contribution in [0, 0.1) is 0 Å². The Hall–Kier alpha value is -1.46. The molecule has 0 bridgehead atoms. The van der Waals surface area contributed by atoms with E-state index in [4.69, 9.17) is 0 Å². The molecule has 0 spiro atoms. The molecule has 1 heterocycles. The van der Waals surface area contributed by atoms with Crippen molar-refractivity contribution in [3.8, 4) is 0 Å². The van der Waals surface area contributed by atoms with Gasteiger partial charge in [-0.3, -0.25) is 9.59 Å². The maximum Gasteiger partial charge on any atom is 0.235 e. The topological polar surface area (TPSA) is 46.2 Å². The fraction of sp³-hybridized carbons (Fsp3) is 0.0769. The van der Waals surface area contributed by atoms with Crippen LogP contribution in [-0.2, 0) is 4.79 Å². The van der Waals surface area contributed by atoms with Crippen LogP contribution < -0.4 is 5.32 Å². The minimum Gasteiger partial charge on any atom is -0.316 e. The predicted octanol–water partition coefficient (Wildman–Crippen LogP) is 3.31. The van der Waals surface area contributed by atoms with Gasteiger partial charge in [0.1, 0.15) is 5.00 Å². The largest absolute Gasteiger partial charge is 0.316 e. The van der Waals surface area contributed by atoms with Crippen LogP contribution in [0.4, 0.5) is 5.00 Å². The van der Waals surface area contributed by atoms with Gasteiger partial charge >= 0.3 is 0 Å². The van der Waals surface area contributed by atoms with Crippen molar-refractivity contribution in [3.63, 3.8) is 0 Å². The number of thiophene rings is 1. The van der Waals surface area contributed by atoms with Crippen LogP contribution in [0.3, 0.4) is 0 Å². The molecule has 0 aliphatic rings. The first-order chi connectivity index (χ1) is 8.72. The first-order valence-electron chi connectivity index (χ1n) is 5.25. The number of carbonyl (C=O) groups is 2. The molecular weight excluding hydrogens is 314 g/mol. The monoisotopic (exact) mass is 323 g/mol. The minimum atomic E-state index is -0.167. The van der Waals surface area contributed by atoms with Crippen LogP contribution in [0.5, 0.6) is 0 Å². The van der Waals surface area contributed by atoms with Crippen LogP contribution in [-0.4, -0.2) is 17.0 Å². The maximum atomic E-state index is 12.2. The second-order valence-electron chi connectivity index (χ2n) is 3.54. The molecule has 0 saturated carbocycles. The normalized spacial score (nSPS) is 10.1. The Balaban J connectivity index is 2.27. The Morgan fingerprint density at radius 2 is 1.89 bits per heavy atom. The average Bonchev–Trinajstić information content (AvgIpc) is 2.86. The van der Waals surface area contributed by atoms with Gasteiger partial charge in [-0.2, -0.15) is 0 Å². The molecule has 18 heavy (non-hydrogen) atoms. The van der Waals surface area contributed by atoms with Gasteiger partial charge in [0.2, 0.25) is 5.91 Å². The second-order valence-corrected chi connectivity index (χ2v) is 5.02. The van der Waals surface area contributed by atoms with Crippen LogP contribution in [0.1, 0.15) is 15.9 Å². The van der Waals surface area contributed by atoms with Gasteiger partial charge in [0.05, 0.1) is 10.9 Å². The number of halogens is 1. The Kier molecular flexibility index (Phi) is 4.28. The number of anilines is 1. The molecule has 92 valence electrons. The van der Waals surface area contributed by atoms with Gasteiger partial charge < -0.3 is 5.32 Å². The van der Waals surface area contributed by atoms with E-state index in [0.717, 1.165) is 0 Å². The van der Waals surface area contributed by atoms with Crippen LogP contribution >= 0.6 is 27.3 Å². The van der Waals surface area contributed by atoms with Gasteiger partial charge in [0.15, 0.2) is 5.78 Å². The summed E-state index contributed by atoms with van der Waals surface area (Å²) in [5, 5.41) is 5.30.